The van der Waals surface area contributed by atoms with E-state index in [9.17, 15) is 8.42 Å². The van der Waals surface area contributed by atoms with E-state index in [4.69, 9.17) is 17.3 Å². The van der Waals surface area contributed by atoms with Crippen molar-refractivity contribution in [3.05, 3.63) is 53.3 Å². The number of anilines is 1. The molecule has 0 spiro atoms. The molecule has 0 radical (unpaired) electrons. The number of nitrogen functional groups attached to an aromatic ring is 1. The first kappa shape index (κ1) is 14.8. The molecule has 2 N–H and O–H groups in total. The maximum absolute atomic E-state index is 12.4. The van der Waals surface area contributed by atoms with E-state index in [2.05, 4.69) is 4.98 Å². The Bertz CT molecular complexity index is 705. The summed E-state index contributed by atoms with van der Waals surface area (Å²) in [6, 6.07) is 7.91. The molecule has 7 heteroatoms. The fourth-order valence-corrected chi connectivity index (χ4v) is 3.41. The molecule has 0 bridgehead atoms. The molecule has 1 aromatic heterocycles. The second-order valence-electron chi connectivity index (χ2n) is 4.31. The molecule has 0 unspecified atom stereocenters. The lowest BCUT2D eigenvalue weighted by atomic mass is 10.3. The quantitative estimate of drug-likeness (QED) is 0.878. The summed E-state index contributed by atoms with van der Waals surface area (Å²) in [5.41, 5.74) is 6.79. The predicted molar refractivity (Wildman–Crippen MR) is 78.8 cm³/mol. The third-order valence-corrected chi connectivity index (χ3v) is 5.06. The third-order valence-electron chi connectivity index (χ3n) is 2.77. The summed E-state index contributed by atoms with van der Waals surface area (Å²) in [6.07, 6.45) is 3.26. The molecule has 0 atom stereocenters. The number of benzene rings is 1. The number of halogens is 1. The van der Waals surface area contributed by atoms with Gasteiger partial charge in [0.15, 0.2) is 0 Å². The van der Waals surface area contributed by atoms with Gasteiger partial charge >= 0.3 is 0 Å². The lowest BCUT2D eigenvalue weighted by molar-refractivity contribution is 0.466. The number of nitrogens with zero attached hydrogens (tertiary/aromatic N) is 2. The number of aromatic nitrogens is 1. The van der Waals surface area contributed by atoms with Crippen LogP contribution in [0.4, 0.5) is 5.69 Å². The molecule has 106 valence electrons. The Morgan fingerprint density at radius 2 is 2.10 bits per heavy atom. The molecule has 0 aliphatic rings. The standard InChI is InChI=1S/C13H14ClN3O2S/c1-17(9-10-3-2-6-16-8-10)20(18,19)13-5-4-11(15)7-12(13)14/h2-8H,9,15H2,1H3. The normalized spacial score (nSPS) is 11.8. The van der Waals surface area contributed by atoms with E-state index in [1.165, 1.54) is 29.6 Å². The van der Waals surface area contributed by atoms with E-state index in [0.717, 1.165) is 5.56 Å². The smallest absolute Gasteiger partial charge is 0.244 e. The van der Waals surface area contributed by atoms with E-state index >= 15 is 0 Å². The number of sulfonamides is 1. The van der Waals surface area contributed by atoms with Gasteiger partial charge in [-0.1, -0.05) is 17.7 Å². The first-order valence-electron chi connectivity index (χ1n) is 5.81. The number of nitrogens with two attached hydrogens (primary N) is 1. The van der Waals surface area contributed by atoms with Gasteiger partial charge in [0.1, 0.15) is 4.90 Å². The fraction of sp³-hybridized carbons (Fsp3) is 0.154. The Hall–Kier alpha value is -1.63. The molecule has 0 saturated heterocycles. The minimum Gasteiger partial charge on any atom is -0.399 e. The fourth-order valence-electron chi connectivity index (χ4n) is 1.73. The van der Waals surface area contributed by atoms with Gasteiger partial charge in [0.25, 0.3) is 0 Å². The van der Waals surface area contributed by atoms with E-state index in [1.807, 2.05) is 6.07 Å². The minimum atomic E-state index is -3.67. The monoisotopic (exact) mass is 311 g/mol. The Morgan fingerprint density at radius 3 is 2.70 bits per heavy atom. The molecule has 20 heavy (non-hydrogen) atoms. The highest BCUT2D eigenvalue weighted by molar-refractivity contribution is 7.89. The van der Waals surface area contributed by atoms with Gasteiger partial charge in [0.2, 0.25) is 10.0 Å². The lowest BCUT2D eigenvalue weighted by Crippen LogP contribution is -2.26. The predicted octanol–water partition coefficient (Wildman–Crippen LogP) is 2.14. The van der Waals surface area contributed by atoms with E-state index < -0.39 is 10.0 Å². The first-order valence-corrected chi connectivity index (χ1v) is 7.63. The van der Waals surface area contributed by atoms with Crippen LogP contribution in [-0.2, 0) is 16.6 Å². The second kappa shape index (κ2) is 5.78. The number of hydrogen-bond acceptors (Lipinski definition) is 4. The highest BCUT2D eigenvalue weighted by atomic mass is 35.5. The van der Waals surface area contributed by atoms with Crippen LogP contribution in [0.15, 0.2) is 47.6 Å². The van der Waals surface area contributed by atoms with Crippen molar-refractivity contribution in [2.24, 2.45) is 0 Å². The zero-order valence-corrected chi connectivity index (χ0v) is 12.4. The molecule has 1 heterocycles. The van der Waals surface area contributed by atoms with Crippen LogP contribution in [0.1, 0.15) is 5.56 Å². The molecule has 5 nitrogen and oxygen atoms in total. The zero-order valence-electron chi connectivity index (χ0n) is 10.8. The van der Waals surface area contributed by atoms with E-state index in [1.54, 1.807) is 18.5 Å². The largest absolute Gasteiger partial charge is 0.399 e. The van der Waals surface area contributed by atoms with Crippen LogP contribution in [0.3, 0.4) is 0 Å². The zero-order chi connectivity index (χ0) is 14.8. The SMILES string of the molecule is CN(Cc1cccnc1)S(=O)(=O)c1ccc(N)cc1Cl. The lowest BCUT2D eigenvalue weighted by Gasteiger charge is -2.18. The Kier molecular flexibility index (Phi) is 4.27. The summed E-state index contributed by atoms with van der Waals surface area (Å²) >= 11 is 5.96. The van der Waals surface area contributed by atoms with Gasteiger partial charge in [0, 0.05) is 31.7 Å². The Balaban J connectivity index is 2.30. The first-order chi connectivity index (χ1) is 9.41. The summed E-state index contributed by atoms with van der Waals surface area (Å²) in [5, 5.41) is 0.114. The number of hydrogen-bond donors (Lipinski definition) is 1. The van der Waals surface area contributed by atoms with Crippen LogP contribution in [-0.4, -0.2) is 24.8 Å². The van der Waals surface area contributed by atoms with Crippen molar-refractivity contribution in [2.75, 3.05) is 12.8 Å². The second-order valence-corrected chi connectivity index (χ2v) is 6.73. The third kappa shape index (κ3) is 3.09. The molecule has 0 saturated carbocycles. The van der Waals surface area contributed by atoms with Crippen molar-refractivity contribution >= 4 is 27.3 Å². The molecule has 0 fully saturated rings. The van der Waals surface area contributed by atoms with Crippen molar-refractivity contribution in [1.82, 2.24) is 9.29 Å². The average molecular weight is 312 g/mol. The van der Waals surface area contributed by atoms with Gasteiger partial charge in [0.05, 0.1) is 5.02 Å². The Morgan fingerprint density at radius 1 is 1.35 bits per heavy atom. The summed E-state index contributed by atoms with van der Waals surface area (Å²) in [5.74, 6) is 0. The molecule has 1 aromatic carbocycles. The maximum Gasteiger partial charge on any atom is 0.244 e. The van der Waals surface area contributed by atoms with Crippen molar-refractivity contribution in [2.45, 2.75) is 11.4 Å². The van der Waals surface area contributed by atoms with Crippen LogP contribution in [0.25, 0.3) is 0 Å². The number of pyridine rings is 1. The minimum absolute atomic E-state index is 0.0414. The van der Waals surface area contributed by atoms with Crippen molar-refractivity contribution in [3.8, 4) is 0 Å². The van der Waals surface area contributed by atoms with Crippen LogP contribution < -0.4 is 5.73 Å². The van der Waals surface area contributed by atoms with Crippen molar-refractivity contribution in [3.63, 3.8) is 0 Å². The van der Waals surface area contributed by atoms with Crippen molar-refractivity contribution < 1.29 is 8.42 Å². The van der Waals surface area contributed by atoms with E-state index in [-0.39, 0.29) is 16.5 Å². The Labute approximate surface area is 123 Å². The van der Waals surface area contributed by atoms with Gasteiger partial charge in [-0.2, -0.15) is 4.31 Å². The molecule has 0 amide bonds. The molecule has 0 aliphatic heterocycles. The number of rotatable bonds is 4. The van der Waals surface area contributed by atoms with E-state index in [0.29, 0.717) is 5.69 Å². The molecule has 0 aliphatic carbocycles. The van der Waals surface area contributed by atoms with Crippen LogP contribution in [0.5, 0.6) is 0 Å². The maximum atomic E-state index is 12.4. The van der Waals surface area contributed by atoms with Gasteiger partial charge in [-0.05, 0) is 29.8 Å². The van der Waals surface area contributed by atoms with Crippen LogP contribution in [0.2, 0.25) is 5.02 Å². The average Bonchev–Trinajstić information content (AvgIpc) is 2.39. The summed E-state index contributed by atoms with van der Waals surface area (Å²) < 4.78 is 26.1. The van der Waals surface area contributed by atoms with Gasteiger partial charge in [-0.25, -0.2) is 8.42 Å². The van der Waals surface area contributed by atoms with Gasteiger partial charge in [-0.15, -0.1) is 0 Å². The summed E-state index contributed by atoms with van der Waals surface area (Å²) in [4.78, 5) is 4.00. The molecular formula is C13H14ClN3O2S. The van der Waals surface area contributed by atoms with Gasteiger partial charge < -0.3 is 5.73 Å². The highest BCUT2D eigenvalue weighted by Gasteiger charge is 2.23. The summed E-state index contributed by atoms with van der Waals surface area (Å²) in [7, 11) is -2.17. The molecular weight excluding hydrogens is 298 g/mol. The van der Waals surface area contributed by atoms with Gasteiger partial charge in [-0.3, -0.25) is 4.98 Å². The molecule has 2 aromatic rings. The van der Waals surface area contributed by atoms with Crippen molar-refractivity contribution in [1.29, 1.82) is 0 Å². The van der Waals surface area contributed by atoms with Crippen LogP contribution >= 0.6 is 11.6 Å². The topological polar surface area (TPSA) is 76.3 Å². The molecule has 2 rings (SSSR count). The highest BCUT2D eigenvalue weighted by Crippen LogP contribution is 2.26. The summed E-state index contributed by atoms with van der Waals surface area (Å²) in [6.45, 7) is 0.219. The van der Waals surface area contributed by atoms with Crippen LogP contribution in [0, 0.1) is 0 Å².